The van der Waals surface area contributed by atoms with E-state index >= 15 is 0 Å². The maximum atomic E-state index is 10.8. The summed E-state index contributed by atoms with van der Waals surface area (Å²) in [7, 11) is 0. The number of rotatable bonds is 13. The minimum atomic E-state index is -0.787. The van der Waals surface area contributed by atoms with Crippen molar-refractivity contribution >= 4 is 23.5 Å². The highest BCUT2D eigenvalue weighted by Crippen LogP contribution is 2.48. The standard InChI is InChI=1S/C35H36N2O3S/c1-25(2)9-19-31(35(21-6-22-36-35)34-37-32(24-41-34)29-7-4-3-5-8-29)28-15-10-27(11-16-28)23-40-30-17-12-26(13-18-30)14-20-33(38)39/h3-8,10-13,15-18,21-22,24-25,31H,9,14,19-20,23H2,1-2H3,(H,38,39). The van der Waals surface area contributed by atoms with Gasteiger partial charge in [-0.3, -0.25) is 9.79 Å². The molecule has 2 heterocycles. The van der Waals surface area contributed by atoms with Crippen LogP contribution in [-0.4, -0.2) is 22.3 Å². The molecule has 0 saturated carbocycles. The first kappa shape index (κ1) is 28.5. The first-order valence-corrected chi connectivity index (χ1v) is 15.1. The average Bonchev–Trinajstić information content (AvgIpc) is 3.68. The zero-order valence-corrected chi connectivity index (χ0v) is 24.4. The van der Waals surface area contributed by atoms with Crippen molar-refractivity contribution in [3.05, 3.63) is 118 Å². The third-order valence-electron chi connectivity index (χ3n) is 7.54. The van der Waals surface area contributed by atoms with Gasteiger partial charge in [0.15, 0.2) is 0 Å². The molecule has 2 atom stereocenters. The Kier molecular flexibility index (Phi) is 9.10. The highest BCUT2D eigenvalue weighted by molar-refractivity contribution is 7.10. The second-order valence-electron chi connectivity index (χ2n) is 11.0. The van der Waals surface area contributed by atoms with Crippen LogP contribution in [0, 0.1) is 5.92 Å². The highest BCUT2D eigenvalue weighted by Gasteiger charge is 2.42. The second-order valence-corrected chi connectivity index (χ2v) is 11.8. The van der Waals surface area contributed by atoms with Crippen molar-refractivity contribution < 1.29 is 14.6 Å². The van der Waals surface area contributed by atoms with Gasteiger partial charge >= 0.3 is 5.97 Å². The van der Waals surface area contributed by atoms with Gasteiger partial charge in [0.2, 0.25) is 0 Å². The van der Waals surface area contributed by atoms with Gasteiger partial charge in [-0.2, -0.15) is 0 Å². The lowest BCUT2D eigenvalue weighted by atomic mass is 9.76. The summed E-state index contributed by atoms with van der Waals surface area (Å²) in [6.45, 7) is 5.00. The van der Waals surface area contributed by atoms with E-state index in [1.54, 1.807) is 11.3 Å². The number of benzene rings is 3. The van der Waals surface area contributed by atoms with E-state index in [2.05, 4.69) is 67.8 Å². The molecule has 6 heteroatoms. The van der Waals surface area contributed by atoms with Crippen LogP contribution in [0.25, 0.3) is 11.3 Å². The molecular weight excluding hydrogens is 528 g/mol. The number of carboxylic acids is 1. The number of nitrogens with zero attached hydrogens (tertiary/aromatic N) is 2. The van der Waals surface area contributed by atoms with E-state index < -0.39 is 11.5 Å². The van der Waals surface area contributed by atoms with Crippen LogP contribution in [-0.2, 0) is 23.4 Å². The Morgan fingerprint density at radius 2 is 1.68 bits per heavy atom. The molecular formula is C35H36N2O3S. The van der Waals surface area contributed by atoms with Crippen LogP contribution < -0.4 is 4.74 Å². The lowest BCUT2D eigenvalue weighted by Gasteiger charge is -2.33. The van der Waals surface area contributed by atoms with Gasteiger partial charge in [0.1, 0.15) is 22.9 Å². The fraction of sp³-hybridized carbons (Fsp3) is 0.286. The Morgan fingerprint density at radius 3 is 2.34 bits per heavy atom. The Morgan fingerprint density at radius 1 is 0.951 bits per heavy atom. The predicted octanol–water partition coefficient (Wildman–Crippen LogP) is 8.46. The van der Waals surface area contributed by atoms with Crippen LogP contribution in [0.2, 0.25) is 0 Å². The molecule has 0 fully saturated rings. The summed E-state index contributed by atoms with van der Waals surface area (Å²) in [4.78, 5) is 21.0. The number of hydrogen-bond donors (Lipinski definition) is 1. The number of carbonyl (C=O) groups is 1. The summed E-state index contributed by atoms with van der Waals surface area (Å²) in [6.07, 6.45) is 8.95. The van der Waals surface area contributed by atoms with Crippen LogP contribution in [0.1, 0.15) is 60.7 Å². The molecule has 0 saturated heterocycles. The zero-order chi connectivity index (χ0) is 28.7. The first-order chi connectivity index (χ1) is 19.9. The van der Waals surface area contributed by atoms with Gasteiger partial charge in [-0.25, -0.2) is 4.98 Å². The average molecular weight is 565 g/mol. The number of carboxylic acid groups (broad SMARTS) is 1. The molecule has 1 N–H and O–H groups in total. The molecule has 41 heavy (non-hydrogen) atoms. The number of allylic oxidation sites excluding steroid dienone is 1. The Bertz CT molecular complexity index is 1480. The van der Waals surface area contributed by atoms with Crippen molar-refractivity contribution in [2.24, 2.45) is 10.9 Å². The summed E-state index contributed by atoms with van der Waals surface area (Å²) in [5.74, 6) is 0.724. The van der Waals surface area contributed by atoms with Gasteiger partial charge in [-0.1, -0.05) is 87.0 Å². The number of thiazole rings is 1. The number of aromatic nitrogens is 1. The molecule has 0 radical (unpaired) electrons. The molecule has 1 aliphatic heterocycles. The van der Waals surface area contributed by atoms with E-state index in [1.807, 2.05) is 48.7 Å². The normalized spacial score (nSPS) is 16.8. The monoisotopic (exact) mass is 564 g/mol. The van der Waals surface area contributed by atoms with Gasteiger partial charge in [-0.05, 0) is 59.7 Å². The number of aliphatic imine (C=N–C) groups is 1. The van der Waals surface area contributed by atoms with Crippen molar-refractivity contribution in [2.75, 3.05) is 0 Å². The second kappa shape index (κ2) is 13.1. The van der Waals surface area contributed by atoms with Gasteiger partial charge < -0.3 is 9.84 Å². The number of ether oxygens (including phenoxy) is 1. The van der Waals surface area contributed by atoms with E-state index in [4.69, 9.17) is 19.8 Å². The van der Waals surface area contributed by atoms with Crippen molar-refractivity contribution in [1.82, 2.24) is 4.98 Å². The molecule has 0 spiro atoms. The maximum Gasteiger partial charge on any atom is 0.303 e. The zero-order valence-electron chi connectivity index (χ0n) is 23.6. The molecule has 2 unspecified atom stereocenters. The maximum absolute atomic E-state index is 10.8. The van der Waals surface area contributed by atoms with E-state index in [0.29, 0.717) is 18.9 Å². The van der Waals surface area contributed by atoms with E-state index in [9.17, 15) is 4.79 Å². The van der Waals surface area contributed by atoms with E-state index in [0.717, 1.165) is 46.0 Å². The molecule has 5 rings (SSSR count). The van der Waals surface area contributed by atoms with Crippen LogP contribution >= 0.6 is 11.3 Å². The largest absolute Gasteiger partial charge is 0.489 e. The number of aryl methyl sites for hydroxylation is 1. The molecule has 210 valence electrons. The lowest BCUT2D eigenvalue weighted by molar-refractivity contribution is -0.136. The summed E-state index contributed by atoms with van der Waals surface area (Å²) in [5, 5.41) is 12.1. The van der Waals surface area contributed by atoms with Crippen LogP contribution in [0.15, 0.2) is 101 Å². The van der Waals surface area contributed by atoms with Crippen molar-refractivity contribution in [3.8, 4) is 17.0 Å². The number of aliphatic carboxylic acids is 1. The minimum Gasteiger partial charge on any atom is -0.489 e. The fourth-order valence-electron chi connectivity index (χ4n) is 5.24. The van der Waals surface area contributed by atoms with Gasteiger partial charge in [0, 0.05) is 29.5 Å². The van der Waals surface area contributed by atoms with E-state index in [1.165, 1.54) is 5.56 Å². The van der Waals surface area contributed by atoms with Crippen molar-refractivity contribution in [1.29, 1.82) is 0 Å². The van der Waals surface area contributed by atoms with Crippen molar-refractivity contribution in [2.45, 2.75) is 57.6 Å². The highest BCUT2D eigenvalue weighted by atomic mass is 32.1. The fourth-order valence-corrected chi connectivity index (χ4v) is 6.25. The third-order valence-corrected chi connectivity index (χ3v) is 8.53. The molecule has 0 bridgehead atoms. The quantitative estimate of drug-likeness (QED) is 0.177. The molecule has 1 aliphatic rings. The Labute approximate surface area is 246 Å². The molecule has 3 aromatic carbocycles. The molecule has 0 amide bonds. The summed E-state index contributed by atoms with van der Waals surface area (Å²) >= 11 is 1.69. The Balaban J connectivity index is 1.34. The first-order valence-electron chi connectivity index (χ1n) is 14.2. The van der Waals surface area contributed by atoms with E-state index in [-0.39, 0.29) is 12.3 Å². The third kappa shape index (κ3) is 7.01. The molecule has 4 aromatic rings. The summed E-state index contributed by atoms with van der Waals surface area (Å²) in [6, 6.07) is 26.7. The topological polar surface area (TPSA) is 71.8 Å². The molecule has 1 aromatic heterocycles. The SMILES string of the molecule is CC(C)CCC(c1ccc(COc2ccc(CCC(=O)O)cc2)cc1)C1(c2nc(-c3ccccc3)cs2)C=CC=N1. The van der Waals surface area contributed by atoms with Crippen LogP contribution in [0.5, 0.6) is 5.75 Å². The summed E-state index contributed by atoms with van der Waals surface area (Å²) < 4.78 is 6.03. The Hall–Kier alpha value is -4.03. The van der Waals surface area contributed by atoms with Gasteiger partial charge in [0.25, 0.3) is 0 Å². The molecule has 5 nitrogen and oxygen atoms in total. The summed E-state index contributed by atoms with van der Waals surface area (Å²) in [5.41, 5.74) is 4.92. The van der Waals surface area contributed by atoms with Gasteiger partial charge in [-0.15, -0.1) is 11.3 Å². The van der Waals surface area contributed by atoms with Gasteiger partial charge in [0.05, 0.1) is 5.69 Å². The smallest absolute Gasteiger partial charge is 0.303 e. The molecule has 0 aliphatic carbocycles. The van der Waals surface area contributed by atoms with Crippen LogP contribution in [0.3, 0.4) is 0 Å². The van der Waals surface area contributed by atoms with Crippen LogP contribution in [0.4, 0.5) is 0 Å². The lowest BCUT2D eigenvalue weighted by Crippen LogP contribution is -2.29. The minimum absolute atomic E-state index is 0.129. The predicted molar refractivity (Wildman–Crippen MR) is 167 cm³/mol. The number of hydrogen-bond acceptors (Lipinski definition) is 5. The van der Waals surface area contributed by atoms with Crippen molar-refractivity contribution in [3.63, 3.8) is 0 Å².